The Morgan fingerprint density at radius 2 is 1.42 bits per heavy atom. The van der Waals surface area contributed by atoms with Crippen molar-refractivity contribution in [2.45, 2.75) is 186 Å². The van der Waals surface area contributed by atoms with Gasteiger partial charge in [-0.25, -0.2) is 0 Å². The molecule has 57 heavy (non-hydrogen) atoms. The molecule has 328 valence electrons. The van der Waals surface area contributed by atoms with Crippen LogP contribution >= 0.6 is 0 Å². The molecule has 0 amide bonds. The summed E-state index contributed by atoms with van der Waals surface area (Å²) in [6.45, 7) is 14.9. The number of ether oxygens (including phenoxy) is 4. The Balaban J connectivity index is 1.15. The minimum atomic E-state index is -1.75. The smallest absolute Gasteiger partial charge is 0.194 e. The number of rotatable bonds is 11. The van der Waals surface area contributed by atoms with E-state index in [0.29, 0.717) is 12.3 Å². The summed E-state index contributed by atoms with van der Waals surface area (Å²) < 4.78 is 23.6. The lowest BCUT2D eigenvalue weighted by molar-refractivity contribution is -0.340. The lowest BCUT2D eigenvalue weighted by Gasteiger charge is -2.66. The molecule has 2 saturated heterocycles. The zero-order valence-corrected chi connectivity index (χ0v) is 34.8. The van der Waals surface area contributed by atoms with Gasteiger partial charge in [-0.1, -0.05) is 53.2 Å². The van der Waals surface area contributed by atoms with Crippen molar-refractivity contribution in [2.75, 3.05) is 13.2 Å². The number of carbonyl (C=O) groups is 1. The van der Waals surface area contributed by atoms with Gasteiger partial charge >= 0.3 is 0 Å². The molecule has 6 rings (SSSR count). The number of fused-ring (bicyclic) bond motifs is 5. The molecule has 0 bridgehead atoms. The number of aliphatic hydroxyl groups excluding tert-OH is 9. The molecule has 5 fully saturated rings. The largest absolute Gasteiger partial charge is 0.394 e. The quantitative estimate of drug-likeness (QED) is 0.126. The lowest BCUT2D eigenvalue weighted by Crippen LogP contribution is -2.63. The van der Waals surface area contributed by atoms with Crippen molar-refractivity contribution in [3.63, 3.8) is 0 Å². The molecule has 6 aliphatic rings. The summed E-state index contributed by atoms with van der Waals surface area (Å²) in [4.78, 5) is 12.7. The van der Waals surface area contributed by atoms with Crippen LogP contribution in [0.5, 0.6) is 0 Å². The van der Waals surface area contributed by atoms with Gasteiger partial charge in [0.25, 0.3) is 0 Å². The van der Waals surface area contributed by atoms with Crippen molar-refractivity contribution in [2.24, 2.45) is 45.3 Å². The summed E-state index contributed by atoms with van der Waals surface area (Å²) in [5, 5.41) is 105. The van der Waals surface area contributed by atoms with E-state index >= 15 is 0 Å². The van der Waals surface area contributed by atoms with Crippen molar-refractivity contribution in [1.82, 2.24) is 0 Å². The molecule has 0 aromatic heterocycles. The molecule has 2 heterocycles. The zero-order valence-electron chi connectivity index (χ0n) is 34.8. The van der Waals surface area contributed by atoms with Gasteiger partial charge in [-0.15, -0.1) is 0 Å². The van der Waals surface area contributed by atoms with E-state index in [9.17, 15) is 55.9 Å². The topological polar surface area (TPSA) is 256 Å². The number of Topliss-reactive ketones (excluding diaryl/α,β-unsaturated/α-hetero) is 1. The molecule has 15 heteroatoms. The van der Waals surface area contributed by atoms with E-state index in [1.54, 1.807) is 0 Å². The van der Waals surface area contributed by atoms with Crippen LogP contribution in [-0.4, -0.2) is 155 Å². The predicted octanol–water partition coefficient (Wildman–Crippen LogP) is 0.299. The van der Waals surface area contributed by atoms with E-state index in [-0.39, 0.29) is 34.0 Å². The molecule has 0 aromatic rings. The highest BCUT2D eigenvalue weighted by atomic mass is 16.7. The number of aliphatic hydroxyl groups is 10. The first kappa shape index (κ1) is 45.4. The summed E-state index contributed by atoms with van der Waals surface area (Å²) >= 11 is 0. The third kappa shape index (κ3) is 7.40. The van der Waals surface area contributed by atoms with Gasteiger partial charge in [0.1, 0.15) is 60.5 Å². The Morgan fingerprint density at radius 3 is 2.04 bits per heavy atom. The monoisotopic (exact) mass is 814 g/mol. The van der Waals surface area contributed by atoms with Crippen molar-refractivity contribution in [3.8, 4) is 0 Å². The van der Waals surface area contributed by atoms with Crippen LogP contribution in [0.4, 0.5) is 0 Å². The number of allylic oxidation sites excluding steroid dienone is 1. The van der Waals surface area contributed by atoms with Crippen molar-refractivity contribution in [3.05, 3.63) is 11.6 Å². The highest BCUT2D eigenvalue weighted by Crippen LogP contribution is 2.75. The maximum absolute atomic E-state index is 12.7. The van der Waals surface area contributed by atoms with E-state index in [4.69, 9.17) is 18.9 Å². The maximum atomic E-state index is 12.7. The highest BCUT2D eigenvalue weighted by Gasteiger charge is 2.68. The first-order chi connectivity index (χ1) is 26.4. The van der Waals surface area contributed by atoms with Crippen LogP contribution in [0.25, 0.3) is 0 Å². The fraction of sp³-hybridized carbons (Fsp3) is 0.929. The van der Waals surface area contributed by atoms with Crippen LogP contribution in [0, 0.1) is 45.3 Å². The highest BCUT2D eigenvalue weighted by molar-refractivity contribution is 5.90. The van der Waals surface area contributed by atoms with Gasteiger partial charge in [0.2, 0.25) is 0 Å². The summed E-state index contributed by atoms with van der Waals surface area (Å²) in [6.07, 6.45) is -9.98. The van der Waals surface area contributed by atoms with Crippen LogP contribution in [0.15, 0.2) is 11.6 Å². The molecule has 0 spiro atoms. The van der Waals surface area contributed by atoms with Gasteiger partial charge in [0.05, 0.1) is 25.4 Å². The summed E-state index contributed by atoms with van der Waals surface area (Å²) in [7, 11) is 0. The average molecular weight is 815 g/mol. The van der Waals surface area contributed by atoms with E-state index in [1.165, 1.54) is 19.4 Å². The molecule has 3 saturated carbocycles. The van der Waals surface area contributed by atoms with Crippen LogP contribution in [0.3, 0.4) is 0 Å². The normalized spacial score (nSPS) is 48.8. The first-order valence-corrected chi connectivity index (χ1v) is 21.0. The van der Waals surface area contributed by atoms with Crippen LogP contribution < -0.4 is 0 Å². The molecule has 20 atom stereocenters. The van der Waals surface area contributed by atoms with Crippen molar-refractivity contribution in [1.29, 1.82) is 0 Å². The minimum absolute atomic E-state index is 0.0400. The molecule has 0 radical (unpaired) electrons. The lowest BCUT2D eigenvalue weighted by atomic mass is 9.39. The van der Waals surface area contributed by atoms with Gasteiger partial charge in [-0.3, -0.25) is 4.79 Å². The van der Waals surface area contributed by atoms with E-state index in [1.807, 2.05) is 6.92 Å². The fourth-order valence-electron chi connectivity index (χ4n) is 12.6. The van der Waals surface area contributed by atoms with Crippen LogP contribution in [-0.2, 0) is 23.7 Å². The van der Waals surface area contributed by atoms with Crippen molar-refractivity contribution < 1.29 is 74.8 Å². The summed E-state index contributed by atoms with van der Waals surface area (Å²) in [5.41, 5.74) is -1.24. The van der Waals surface area contributed by atoms with E-state index < -0.39 is 110 Å². The third-order valence-electron chi connectivity index (χ3n) is 16.5. The Labute approximate surface area is 336 Å². The second-order valence-corrected chi connectivity index (χ2v) is 20.2. The van der Waals surface area contributed by atoms with E-state index in [2.05, 4.69) is 40.7 Å². The molecule has 15 nitrogen and oxygen atoms in total. The number of hydrogen-bond acceptors (Lipinski definition) is 15. The third-order valence-corrected chi connectivity index (χ3v) is 16.5. The number of carbonyl (C=O) groups excluding carboxylic acids is 1. The Hall–Kier alpha value is -1.15. The Morgan fingerprint density at radius 1 is 0.825 bits per heavy atom. The molecular weight excluding hydrogens is 744 g/mol. The second-order valence-electron chi connectivity index (χ2n) is 20.2. The molecular formula is C42H70O15. The summed E-state index contributed by atoms with van der Waals surface area (Å²) in [6, 6.07) is 0. The number of hydrogen-bond donors (Lipinski definition) is 10. The van der Waals surface area contributed by atoms with Gasteiger partial charge in [0.15, 0.2) is 18.4 Å². The standard InChI is InChI=1S/C42H70O15/c1-19(27(44)32(49)35(52)39(4,5)53)20-13-14-42(8)25-11-9-21-22(40(25,6)15-16-41(20,42)7)10-12-26(38(21,2)3)57-37-34(51)31(48)29(46)24(56-37)18-54-36-33(50)30(47)28(45)23(17-43)55-36/h9,19-20,22-34,36-37,43-51,53H,10-18H2,1-8H3/t19-,20+,22+,23+,24+,25+,26-,27-,28+,29+,30-,31-,32+,33+,34+,36+,37-,40-,41+,42-/m0/s1. The molecule has 10 N–H and O–H groups in total. The molecule has 0 unspecified atom stereocenters. The predicted molar refractivity (Wildman–Crippen MR) is 203 cm³/mol. The van der Waals surface area contributed by atoms with Gasteiger partial charge in [-0.05, 0) is 98.7 Å². The van der Waals surface area contributed by atoms with Crippen molar-refractivity contribution >= 4 is 5.78 Å². The van der Waals surface area contributed by atoms with Gasteiger partial charge in [-0.2, -0.15) is 0 Å². The average Bonchev–Trinajstić information content (AvgIpc) is 3.43. The van der Waals surface area contributed by atoms with Gasteiger partial charge < -0.3 is 70.0 Å². The molecule has 0 aromatic carbocycles. The zero-order chi connectivity index (χ0) is 42.4. The second kappa shape index (κ2) is 16.0. The SMILES string of the molecule is C[C@H]([C@H](O)[C@@H](O)C(=O)C(C)(C)O)[C@H]1CC[C@@]2(C)[C@@H]3CC=C4[C@@H](CC[C@H](O[C@@H]5O[C@H](CO[C@@H]6O[C@H](CO)[C@@H](O)[C@H](O)[C@H]6O)[C@@H](O)[C@H](O)[C@H]5O)C4(C)C)[C@]3(C)CC[C@]12C. The first-order valence-electron chi connectivity index (χ1n) is 21.0. The summed E-state index contributed by atoms with van der Waals surface area (Å²) in [5.74, 6) is -0.480. The van der Waals surface area contributed by atoms with Gasteiger partial charge in [0, 0.05) is 5.41 Å². The molecule has 4 aliphatic carbocycles. The van der Waals surface area contributed by atoms with Crippen LogP contribution in [0.2, 0.25) is 0 Å². The number of ketones is 1. The van der Waals surface area contributed by atoms with Crippen LogP contribution in [0.1, 0.15) is 100 Å². The minimum Gasteiger partial charge on any atom is -0.394 e. The Bertz CT molecular complexity index is 1480. The Kier molecular flexibility index (Phi) is 12.7. The molecule has 2 aliphatic heterocycles. The maximum Gasteiger partial charge on any atom is 0.194 e. The fourth-order valence-corrected chi connectivity index (χ4v) is 12.6. The van der Waals surface area contributed by atoms with E-state index in [0.717, 1.165) is 38.5 Å².